The predicted molar refractivity (Wildman–Crippen MR) is 65.1 cm³/mol. The van der Waals surface area contributed by atoms with Crippen LogP contribution in [-0.4, -0.2) is 26.0 Å². The Labute approximate surface area is 107 Å². The van der Waals surface area contributed by atoms with Crippen molar-refractivity contribution in [1.82, 2.24) is 20.2 Å². The van der Waals surface area contributed by atoms with E-state index in [9.17, 15) is 0 Å². The first-order chi connectivity index (χ1) is 8.31. The predicted octanol–water partition coefficient (Wildman–Crippen LogP) is 2.32. The van der Waals surface area contributed by atoms with Crippen LogP contribution in [-0.2, 0) is 0 Å². The minimum atomic E-state index is 0.465. The van der Waals surface area contributed by atoms with Crippen LogP contribution in [0.3, 0.4) is 0 Å². The highest BCUT2D eigenvalue weighted by atomic mass is 35.5. The van der Waals surface area contributed by atoms with Gasteiger partial charge in [-0.1, -0.05) is 29.4 Å². The van der Waals surface area contributed by atoms with E-state index in [2.05, 4.69) is 21.6 Å². The highest BCUT2D eigenvalue weighted by Gasteiger charge is 2.08. The van der Waals surface area contributed by atoms with Crippen LogP contribution in [0.5, 0.6) is 0 Å². The molecule has 2 aromatic rings. The molecule has 0 aliphatic heterocycles. The van der Waals surface area contributed by atoms with Crippen molar-refractivity contribution in [2.75, 3.05) is 5.75 Å². The lowest BCUT2D eigenvalue weighted by Gasteiger charge is -2.03. The van der Waals surface area contributed by atoms with Crippen molar-refractivity contribution in [3.63, 3.8) is 0 Å². The SMILES string of the molecule is N#CCCSc1nnnn1-c1cccc(Cl)c1. The molecular formula is C10H8ClN5S. The van der Waals surface area contributed by atoms with Crippen LogP contribution in [0.2, 0.25) is 5.02 Å². The first kappa shape index (κ1) is 11.9. The van der Waals surface area contributed by atoms with E-state index in [4.69, 9.17) is 16.9 Å². The maximum absolute atomic E-state index is 8.48. The highest BCUT2D eigenvalue weighted by molar-refractivity contribution is 7.99. The van der Waals surface area contributed by atoms with E-state index in [1.807, 2.05) is 12.1 Å². The van der Waals surface area contributed by atoms with Gasteiger partial charge in [0.15, 0.2) is 0 Å². The molecule has 0 saturated heterocycles. The normalized spacial score (nSPS) is 10.1. The van der Waals surface area contributed by atoms with E-state index in [1.54, 1.807) is 16.8 Å². The van der Waals surface area contributed by atoms with Crippen LogP contribution >= 0.6 is 23.4 Å². The molecule has 0 bridgehead atoms. The average molecular weight is 266 g/mol. The van der Waals surface area contributed by atoms with Gasteiger partial charge in [-0.2, -0.15) is 9.94 Å². The van der Waals surface area contributed by atoms with Crippen LogP contribution in [0.4, 0.5) is 0 Å². The number of tetrazole rings is 1. The summed E-state index contributed by atoms with van der Waals surface area (Å²) in [6.07, 6.45) is 0.465. The first-order valence-corrected chi connectivity index (χ1v) is 6.21. The number of thioether (sulfide) groups is 1. The molecule has 86 valence electrons. The molecule has 0 unspecified atom stereocenters. The Morgan fingerprint density at radius 1 is 1.47 bits per heavy atom. The van der Waals surface area contributed by atoms with Crippen molar-refractivity contribution < 1.29 is 0 Å². The Morgan fingerprint density at radius 2 is 2.35 bits per heavy atom. The van der Waals surface area contributed by atoms with E-state index in [0.29, 0.717) is 22.4 Å². The summed E-state index contributed by atoms with van der Waals surface area (Å²) in [5.41, 5.74) is 0.807. The van der Waals surface area contributed by atoms with Gasteiger partial charge in [-0.3, -0.25) is 0 Å². The molecule has 0 fully saturated rings. The minimum absolute atomic E-state index is 0.465. The molecule has 0 N–H and O–H groups in total. The molecule has 5 nitrogen and oxygen atoms in total. The molecule has 0 aliphatic carbocycles. The molecule has 1 heterocycles. The summed E-state index contributed by atoms with van der Waals surface area (Å²) in [6.45, 7) is 0. The summed E-state index contributed by atoms with van der Waals surface area (Å²) in [7, 11) is 0. The van der Waals surface area contributed by atoms with Crippen LogP contribution < -0.4 is 0 Å². The van der Waals surface area contributed by atoms with Crippen molar-refractivity contribution in [2.24, 2.45) is 0 Å². The number of halogens is 1. The van der Waals surface area contributed by atoms with E-state index in [0.717, 1.165) is 5.69 Å². The van der Waals surface area contributed by atoms with Gasteiger partial charge < -0.3 is 0 Å². The van der Waals surface area contributed by atoms with E-state index < -0.39 is 0 Å². The monoisotopic (exact) mass is 265 g/mol. The number of hydrogen-bond acceptors (Lipinski definition) is 5. The molecule has 0 spiro atoms. The van der Waals surface area contributed by atoms with Crippen LogP contribution in [0.25, 0.3) is 5.69 Å². The number of hydrogen-bond donors (Lipinski definition) is 0. The van der Waals surface area contributed by atoms with Gasteiger partial charge in [0, 0.05) is 17.2 Å². The first-order valence-electron chi connectivity index (χ1n) is 4.85. The van der Waals surface area contributed by atoms with Gasteiger partial charge in [-0.25, -0.2) is 0 Å². The topological polar surface area (TPSA) is 67.4 Å². The number of rotatable bonds is 4. The molecular weight excluding hydrogens is 258 g/mol. The average Bonchev–Trinajstić information content (AvgIpc) is 2.78. The highest BCUT2D eigenvalue weighted by Crippen LogP contribution is 2.20. The molecule has 1 aromatic carbocycles. The van der Waals surface area contributed by atoms with E-state index in [1.165, 1.54) is 11.8 Å². The Hall–Kier alpha value is -1.58. The van der Waals surface area contributed by atoms with Gasteiger partial charge in [0.2, 0.25) is 5.16 Å². The lowest BCUT2D eigenvalue weighted by molar-refractivity contribution is 0.756. The largest absolute Gasteiger partial charge is 0.214 e. The van der Waals surface area contributed by atoms with Crippen molar-refractivity contribution >= 4 is 23.4 Å². The van der Waals surface area contributed by atoms with Crippen LogP contribution in [0.15, 0.2) is 29.4 Å². The zero-order valence-electron chi connectivity index (χ0n) is 8.75. The summed E-state index contributed by atoms with van der Waals surface area (Å²) in [5, 5.41) is 21.2. The Kier molecular flexibility index (Phi) is 3.96. The van der Waals surface area contributed by atoms with Crippen molar-refractivity contribution in [2.45, 2.75) is 11.6 Å². The molecule has 7 heteroatoms. The zero-order valence-corrected chi connectivity index (χ0v) is 10.3. The molecule has 17 heavy (non-hydrogen) atoms. The van der Waals surface area contributed by atoms with E-state index in [-0.39, 0.29) is 0 Å². The van der Waals surface area contributed by atoms with Gasteiger partial charge in [0.25, 0.3) is 0 Å². The van der Waals surface area contributed by atoms with Gasteiger partial charge in [-0.15, -0.1) is 5.10 Å². The summed E-state index contributed by atoms with van der Waals surface area (Å²) < 4.78 is 1.61. The van der Waals surface area contributed by atoms with Crippen LogP contribution in [0, 0.1) is 11.3 Å². The van der Waals surface area contributed by atoms with Crippen molar-refractivity contribution in [1.29, 1.82) is 5.26 Å². The second-order valence-electron chi connectivity index (χ2n) is 3.11. The molecule has 1 aromatic heterocycles. The molecule has 0 atom stereocenters. The fourth-order valence-corrected chi connectivity index (χ4v) is 2.15. The third-order valence-corrected chi connectivity index (χ3v) is 3.09. The number of aromatic nitrogens is 4. The second kappa shape index (κ2) is 5.66. The standard InChI is InChI=1S/C10H8ClN5S/c11-8-3-1-4-9(7-8)16-10(13-14-15-16)17-6-2-5-12/h1,3-4,7H,2,6H2. The number of benzene rings is 1. The molecule has 0 saturated carbocycles. The van der Waals surface area contributed by atoms with Crippen molar-refractivity contribution in [3.05, 3.63) is 29.3 Å². The lowest BCUT2D eigenvalue weighted by atomic mass is 10.3. The molecule has 0 aliphatic rings. The van der Waals surface area contributed by atoms with Crippen LogP contribution in [0.1, 0.15) is 6.42 Å². The van der Waals surface area contributed by atoms with Gasteiger partial charge >= 0.3 is 0 Å². The minimum Gasteiger partial charge on any atom is -0.198 e. The Bertz CT molecular complexity index is 548. The molecule has 2 rings (SSSR count). The van der Waals surface area contributed by atoms with E-state index >= 15 is 0 Å². The summed E-state index contributed by atoms with van der Waals surface area (Å²) >= 11 is 7.35. The summed E-state index contributed by atoms with van der Waals surface area (Å²) in [4.78, 5) is 0. The van der Waals surface area contributed by atoms with Crippen molar-refractivity contribution in [3.8, 4) is 11.8 Å². The van der Waals surface area contributed by atoms with Gasteiger partial charge in [0.05, 0.1) is 11.8 Å². The smallest absolute Gasteiger partial charge is 0.198 e. The fourth-order valence-electron chi connectivity index (χ4n) is 1.23. The van der Waals surface area contributed by atoms with Gasteiger partial charge in [-0.05, 0) is 28.6 Å². The maximum atomic E-state index is 8.48. The maximum Gasteiger partial charge on any atom is 0.214 e. The summed E-state index contributed by atoms with van der Waals surface area (Å²) in [5.74, 6) is 0.664. The quantitative estimate of drug-likeness (QED) is 0.627. The number of nitrogens with zero attached hydrogens (tertiary/aromatic N) is 5. The third kappa shape index (κ3) is 2.96. The summed E-state index contributed by atoms with van der Waals surface area (Å²) in [6, 6.07) is 9.36. The molecule has 0 radical (unpaired) electrons. The second-order valence-corrected chi connectivity index (χ2v) is 4.61. The fraction of sp³-hybridized carbons (Fsp3) is 0.200. The molecule has 0 amide bonds. The third-order valence-electron chi connectivity index (χ3n) is 1.94. The van der Waals surface area contributed by atoms with Gasteiger partial charge in [0.1, 0.15) is 0 Å². The lowest BCUT2D eigenvalue weighted by Crippen LogP contribution is -1.99. The Balaban J connectivity index is 2.22. The Morgan fingerprint density at radius 3 is 3.12 bits per heavy atom. The number of nitriles is 1. The zero-order chi connectivity index (χ0) is 12.1.